The van der Waals surface area contributed by atoms with Gasteiger partial charge in [-0.15, -0.1) is 0 Å². The number of hydrogen-bond acceptors (Lipinski definition) is 5. The summed E-state index contributed by atoms with van der Waals surface area (Å²) in [4.78, 5) is 37.7. The largest absolute Gasteiger partial charge is 0.459 e. The number of ether oxygens (including phenoxy) is 1. The van der Waals surface area contributed by atoms with E-state index in [1.807, 2.05) is 12.1 Å². The average molecular weight is 403 g/mol. The van der Waals surface area contributed by atoms with Crippen molar-refractivity contribution in [1.29, 1.82) is 0 Å². The fraction of sp³-hybridized carbons (Fsp3) is 0.208. The molecule has 0 radical (unpaired) electrons. The highest BCUT2D eigenvalue weighted by Gasteiger charge is 2.26. The molecule has 1 aliphatic rings. The van der Waals surface area contributed by atoms with Crippen LogP contribution in [0.3, 0.4) is 0 Å². The van der Waals surface area contributed by atoms with E-state index in [1.165, 1.54) is 23.5 Å². The molecule has 30 heavy (non-hydrogen) atoms. The fourth-order valence-corrected chi connectivity index (χ4v) is 3.58. The lowest BCUT2D eigenvalue weighted by Gasteiger charge is -2.17. The zero-order valence-electron chi connectivity index (χ0n) is 16.3. The molecule has 1 N–H and O–H groups in total. The van der Waals surface area contributed by atoms with Crippen molar-refractivity contribution in [3.63, 3.8) is 0 Å². The first-order chi connectivity index (χ1) is 14.6. The molecule has 6 nitrogen and oxygen atoms in total. The molecule has 3 aromatic rings. The van der Waals surface area contributed by atoms with E-state index in [0.717, 1.165) is 19.3 Å². The number of nitrogens with one attached hydrogen (secondary N) is 1. The van der Waals surface area contributed by atoms with Crippen molar-refractivity contribution in [2.45, 2.75) is 25.3 Å². The van der Waals surface area contributed by atoms with Gasteiger partial charge in [-0.2, -0.15) is 0 Å². The molecule has 0 spiro atoms. The third-order valence-corrected chi connectivity index (χ3v) is 5.16. The Morgan fingerprint density at radius 3 is 2.53 bits per heavy atom. The summed E-state index contributed by atoms with van der Waals surface area (Å²) in [6, 6.07) is 16.4. The second kappa shape index (κ2) is 8.78. The molecule has 0 aliphatic heterocycles. The summed E-state index contributed by atoms with van der Waals surface area (Å²) >= 11 is 0. The Bertz CT molecular complexity index is 1060. The van der Waals surface area contributed by atoms with E-state index in [-0.39, 0.29) is 11.5 Å². The van der Waals surface area contributed by atoms with Crippen LogP contribution in [0.2, 0.25) is 0 Å². The number of hydrogen-bond donors (Lipinski definition) is 1. The summed E-state index contributed by atoms with van der Waals surface area (Å²) in [6.07, 6.45) is 4.47. The topological polar surface area (TPSA) is 85.6 Å². The third-order valence-electron chi connectivity index (χ3n) is 5.16. The molecule has 6 heteroatoms. The smallest absolute Gasteiger partial charge is 0.333 e. The van der Waals surface area contributed by atoms with Gasteiger partial charge in [-0.3, -0.25) is 9.59 Å². The van der Waals surface area contributed by atoms with Crippen molar-refractivity contribution in [1.82, 2.24) is 5.32 Å². The minimum absolute atomic E-state index is 0.0814. The molecule has 0 saturated heterocycles. The highest BCUT2D eigenvalue weighted by atomic mass is 16.5. The minimum Gasteiger partial charge on any atom is -0.459 e. The number of carbonyl (C=O) groups is 3. The van der Waals surface area contributed by atoms with E-state index >= 15 is 0 Å². The molecule has 0 fully saturated rings. The van der Waals surface area contributed by atoms with Gasteiger partial charge >= 0.3 is 5.97 Å². The zero-order valence-corrected chi connectivity index (χ0v) is 16.3. The van der Waals surface area contributed by atoms with Crippen LogP contribution in [-0.4, -0.2) is 24.3 Å². The summed E-state index contributed by atoms with van der Waals surface area (Å²) < 4.78 is 10.4. The Morgan fingerprint density at radius 2 is 1.77 bits per heavy atom. The van der Waals surface area contributed by atoms with Gasteiger partial charge in [0, 0.05) is 5.56 Å². The lowest BCUT2D eigenvalue weighted by atomic mass is 10.0. The van der Waals surface area contributed by atoms with Crippen LogP contribution in [0.25, 0.3) is 0 Å². The molecule has 2 aromatic carbocycles. The van der Waals surface area contributed by atoms with E-state index in [4.69, 9.17) is 9.15 Å². The molecule has 1 aromatic heterocycles. The van der Waals surface area contributed by atoms with Gasteiger partial charge in [0.15, 0.2) is 24.2 Å². The lowest BCUT2D eigenvalue weighted by molar-refractivity contribution is -0.145. The van der Waals surface area contributed by atoms with Gasteiger partial charge in [-0.1, -0.05) is 42.5 Å². The lowest BCUT2D eigenvalue weighted by Crippen LogP contribution is -2.35. The Labute approximate surface area is 173 Å². The first kappa shape index (κ1) is 19.6. The van der Waals surface area contributed by atoms with Gasteiger partial charge in [0.25, 0.3) is 5.91 Å². The van der Waals surface area contributed by atoms with Gasteiger partial charge in [0.1, 0.15) is 0 Å². The molecule has 4 rings (SSSR count). The van der Waals surface area contributed by atoms with E-state index < -0.39 is 24.5 Å². The summed E-state index contributed by atoms with van der Waals surface area (Å²) in [7, 11) is 0. The zero-order chi connectivity index (χ0) is 20.9. The number of fused-ring (bicyclic) bond motifs is 1. The minimum atomic E-state index is -1.06. The van der Waals surface area contributed by atoms with Gasteiger partial charge in [0.2, 0.25) is 0 Å². The Balaban J connectivity index is 1.45. The molecule has 0 bridgehead atoms. The first-order valence-electron chi connectivity index (χ1n) is 9.83. The molecular formula is C24H21NO5. The number of ketones is 1. The number of rotatable bonds is 7. The summed E-state index contributed by atoms with van der Waals surface area (Å²) in [6.45, 7) is -0.391. The number of aryl methyl sites for hydroxylation is 2. The van der Waals surface area contributed by atoms with Crippen molar-refractivity contribution in [2.75, 3.05) is 6.61 Å². The van der Waals surface area contributed by atoms with Crippen LogP contribution >= 0.6 is 0 Å². The second-order valence-corrected chi connectivity index (χ2v) is 7.16. The maximum absolute atomic E-state index is 12.8. The Kier molecular flexibility index (Phi) is 5.75. The predicted octanol–water partition coefficient (Wildman–Crippen LogP) is 3.67. The molecule has 1 heterocycles. The summed E-state index contributed by atoms with van der Waals surface area (Å²) in [5.41, 5.74) is 3.53. The highest BCUT2D eigenvalue weighted by molar-refractivity contribution is 5.99. The Hall–Kier alpha value is -3.67. The maximum Gasteiger partial charge on any atom is 0.333 e. The van der Waals surface area contributed by atoms with Gasteiger partial charge in [-0.05, 0) is 54.2 Å². The molecule has 1 amide bonds. The standard InChI is InChI=1S/C24H21NO5/c26-20(19-12-11-16-8-4-9-18(16)14-19)15-30-24(28)22(17-6-2-1-3-7-17)25-23(27)21-10-5-13-29-21/h1-3,5-7,10-14,22H,4,8-9,15H2,(H,25,27). The van der Waals surface area contributed by atoms with Crippen LogP contribution in [-0.2, 0) is 22.4 Å². The number of carbonyl (C=O) groups excluding carboxylic acids is 3. The number of esters is 1. The average Bonchev–Trinajstić information content (AvgIpc) is 3.47. The molecule has 1 atom stereocenters. The number of benzene rings is 2. The van der Waals surface area contributed by atoms with Gasteiger partial charge in [0.05, 0.1) is 6.26 Å². The normalized spacial score (nSPS) is 13.3. The molecule has 152 valence electrons. The fourth-order valence-electron chi connectivity index (χ4n) is 3.58. The molecule has 1 unspecified atom stereocenters. The van der Waals surface area contributed by atoms with E-state index in [2.05, 4.69) is 5.32 Å². The highest BCUT2D eigenvalue weighted by Crippen LogP contribution is 2.23. The van der Waals surface area contributed by atoms with Crippen molar-refractivity contribution in [2.24, 2.45) is 0 Å². The van der Waals surface area contributed by atoms with Crippen molar-refractivity contribution in [3.8, 4) is 0 Å². The van der Waals surface area contributed by atoms with E-state index in [9.17, 15) is 14.4 Å². The SMILES string of the molecule is O=C(COC(=O)C(NC(=O)c1ccco1)c1ccccc1)c1ccc2c(c1)CCC2. The third kappa shape index (κ3) is 4.33. The summed E-state index contributed by atoms with van der Waals surface area (Å²) in [5, 5.41) is 2.61. The van der Waals surface area contributed by atoms with Crippen molar-refractivity contribution < 1.29 is 23.5 Å². The Morgan fingerprint density at radius 1 is 0.967 bits per heavy atom. The monoisotopic (exact) mass is 403 g/mol. The second-order valence-electron chi connectivity index (χ2n) is 7.16. The maximum atomic E-state index is 12.8. The van der Waals surface area contributed by atoms with Gasteiger partial charge < -0.3 is 14.5 Å². The van der Waals surface area contributed by atoms with Crippen LogP contribution < -0.4 is 5.32 Å². The van der Waals surface area contributed by atoms with Crippen molar-refractivity contribution >= 4 is 17.7 Å². The van der Waals surface area contributed by atoms with E-state index in [1.54, 1.807) is 42.5 Å². The quantitative estimate of drug-likeness (QED) is 0.481. The number of Topliss-reactive ketones (excluding diaryl/α,β-unsaturated/α-hetero) is 1. The van der Waals surface area contributed by atoms with Crippen LogP contribution in [0.1, 0.15) is 50.1 Å². The van der Waals surface area contributed by atoms with Crippen LogP contribution in [0.4, 0.5) is 0 Å². The van der Waals surface area contributed by atoms with Gasteiger partial charge in [-0.25, -0.2) is 4.79 Å². The molecule has 0 saturated carbocycles. The molecular weight excluding hydrogens is 382 g/mol. The first-order valence-corrected chi connectivity index (χ1v) is 9.83. The summed E-state index contributed by atoms with van der Waals surface area (Å²) in [5.74, 6) is -1.45. The van der Waals surface area contributed by atoms with Crippen molar-refractivity contribution in [3.05, 3.63) is 94.9 Å². The predicted molar refractivity (Wildman–Crippen MR) is 109 cm³/mol. The van der Waals surface area contributed by atoms with E-state index in [0.29, 0.717) is 11.1 Å². The van der Waals surface area contributed by atoms with Crippen LogP contribution in [0.5, 0.6) is 0 Å². The van der Waals surface area contributed by atoms with Crippen LogP contribution in [0.15, 0.2) is 71.3 Å². The number of furan rings is 1. The van der Waals surface area contributed by atoms with Crippen LogP contribution in [0, 0.1) is 0 Å². The molecule has 1 aliphatic carbocycles. The number of amides is 1.